The molecule has 0 radical (unpaired) electrons. The van der Waals surface area contributed by atoms with E-state index in [4.69, 9.17) is 0 Å². The van der Waals surface area contributed by atoms with Gasteiger partial charge in [-0.3, -0.25) is 4.79 Å². The molecule has 0 N–H and O–H groups in total. The molecule has 1 amide bonds. The third-order valence-corrected chi connectivity index (χ3v) is 2.40. The van der Waals surface area contributed by atoms with Crippen LogP contribution in [0.15, 0.2) is 30.3 Å². The van der Waals surface area contributed by atoms with Crippen molar-refractivity contribution in [1.82, 2.24) is 4.90 Å². The zero-order chi connectivity index (χ0) is 11.3. The zero-order valence-corrected chi connectivity index (χ0v) is 9.73. The highest BCUT2D eigenvalue weighted by molar-refractivity contribution is 5.78. The van der Waals surface area contributed by atoms with Crippen molar-refractivity contribution < 1.29 is 4.79 Å². The minimum Gasteiger partial charge on any atom is -0.338 e. The van der Waals surface area contributed by atoms with Crippen molar-refractivity contribution >= 4 is 5.91 Å². The number of benzene rings is 1. The van der Waals surface area contributed by atoms with Crippen molar-refractivity contribution in [3.8, 4) is 0 Å². The molecule has 0 saturated carbocycles. The number of rotatable bonds is 4. The van der Waals surface area contributed by atoms with Crippen LogP contribution in [0.1, 0.15) is 26.3 Å². The van der Waals surface area contributed by atoms with E-state index in [-0.39, 0.29) is 11.8 Å². The van der Waals surface area contributed by atoms with Crippen LogP contribution < -0.4 is 0 Å². The fraction of sp³-hybridized carbons (Fsp3) is 0.462. The summed E-state index contributed by atoms with van der Waals surface area (Å²) in [5.41, 5.74) is 1.19. The van der Waals surface area contributed by atoms with Crippen LogP contribution >= 0.6 is 0 Å². The van der Waals surface area contributed by atoms with Gasteiger partial charge in [-0.15, -0.1) is 0 Å². The molecular formula is C13H19NO. The minimum atomic E-state index is 0.0775. The highest BCUT2D eigenvalue weighted by Crippen LogP contribution is 2.08. The molecule has 0 atom stereocenters. The number of hydrogen-bond acceptors (Lipinski definition) is 1. The summed E-state index contributed by atoms with van der Waals surface area (Å²) >= 11 is 0. The molecule has 1 rings (SSSR count). The van der Waals surface area contributed by atoms with Crippen LogP contribution in [0.5, 0.6) is 0 Å². The molecule has 0 aliphatic carbocycles. The predicted molar refractivity (Wildman–Crippen MR) is 62.4 cm³/mol. The summed E-state index contributed by atoms with van der Waals surface area (Å²) < 4.78 is 0. The lowest BCUT2D eigenvalue weighted by Crippen LogP contribution is -2.33. The molecular weight excluding hydrogens is 186 g/mol. The molecule has 1 aromatic rings. The molecule has 15 heavy (non-hydrogen) atoms. The van der Waals surface area contributed by atoms with Gasteiger partial charge in [0.2, 0.25) is 5.91 Å². The number of nitrogens with zero attached hydrogens (tertiary/aromatic N) is 1. The van der Waals surface area contributed by atoms with Crippen molar-refractivity contribution in [2.45, 2.75) is 27.3 Å². The Hall–Kier alpha value is -1.31. The fourth-order valence-electron chi connectivity index (χ4n) is 1.51. The van der Waals surface area contributed by atoms with E-state index in [9.17, 15) is 4.79 Å². The Bertz CT molecular complexity index is 306. The van der Waals surface area contributed by atoms with E-state index in [0.717, 1.165) is 6.54 Å². The summed E-state index contributed by atoms with van der Waals surface area (Å²) in [5.74, 6) is 0.301. The van der Waals surface area contributed by atoms with Crippen LogP contribution in [-0.2, 0) is 11.3 Å². The van der Waals surface area contributed by atoms with Gasteiger partial charge in [-0.2, -0.15) is 0 Å². The minimum absolute atomic E-state index is 0.0775. The van der Waals surface area contributed by atoms with Crippen LogP contribution in [0.3, 0.4) is 0 Å². The first kappa shape index (κ1) is 11.8. The predicted octanol–water partition coefficient (Wildman–Crippen LogP) is 2.69. The van der Waals surface area contributed by atoms with E-state index in [1.165, 1.54) is 5.56 Å². The third kappa shape index (κ3) is 3.39. The summed E-state index contributed by atoms with van der Waals surface area (Å²) in [6.45, 7) is 7.38. The molecule has 2 heteroatoms. The number of carbonyl (C=O) groups is 1. The SMILES string of the molecule is CCN(Cc1ccccc1)C(=O)C(C)C. The number of amides is 1. The van der Waals surface area contributed by atoms with Crippen molar-refractivity contribution in [3.05, 3.63) is 35.9 Å². The Labute approximate surface area is 91.9 Å². The van der Waals surface area contributed by atoms with E-state index < -0.39 is 0 Å². The van der Waals surface area contributed by atoms with Gasteiger partial charge in [0, 0.05) is 19.0 Å². The van der Waals surface area contributed by atoms with Gasteiger partial charge in [0.05, 0.1) is 0 Å². The lowest BCUT2D eigenvalue weighted by Gasteiger charge is -2.22. The molecule has 0 aromatic heterocycles. The quantitative estimate of drug-likeness (QED) is 0.740. The highest BCUT2D eigenvalue weighted by Gasteiger charge is 2.14. The van der Waals surface area contributed by atoms with Crippen LogP contribution in [0.25, 0.3) is 0 Å². The Balaban J connectivity index is 2.66. The molecule has 0 fully saturated rings. The Morgan fingerprint density at radius 2 is 1.87 bits per heavy atom. The van der Waals surface area contributed by atoms with E-state index in [0.29, 0.717) is 6.54 Å². The summed E-state index contributed by atoms with van der Waals surface area (Å²) in [6.07, 6.45) is 0. The second-order valence-corrected chi connectivity index (χ2v) is 3.99. The number of hydrogen-bond donors (Lipinski definition) is 0. The molecule has 0 spiro atoms. The van der Waals surface area contributed by atoms with Gasteiger partial charge in [-0.25, -0.2) is 0 Å². The molecule has 0 heterocycles. The summed E-state index contributed by atoms with van der Waals surface area (Å²) in [7, 11) is 0. The lowest BCUT2D eigenvalue weighted by molar-refractivity contribution is -0.134. The topological polar surface area (TPSA) is 20.3 Å². The average molecular weight is 205 g/mol. The van der Waals surface area contributed by atoms with Gasteiger partial charge in [0.25, 0.3) is 0 Å². The zero-order valence-electron chi connectivity index (χ0n) is 9.73. The van der Waals surface area contributed by atoms with Gasteiger partial charge < -0.3 is 4.90 Å². The second-order valence-electron chi connectivity index (χ2n) is 3.99. The number of carbonyl (C=O) groups excluding carboxylic acids is 1. The first-order valence-corrected chi connectivity index (χ1v) is 5.47. The van der Waals surface area contributed by atoms with Crippen molar-refractivity contribution in [3.63, 3.8) is 0 Å². The Morgan fingerprint density at radius 3 is 2.33 bits per heavy atom. The molecule has 1 aromatic carbocycles. The van der Waals surface area contributed by atoms with Gasteiger partial charge in [-0.05, 0) is 12.5 Å². The first-order valence-electron chi connectivity index (χ1n) is 5.47. The van der Waals surface area contributed by atoms with Crippen LogP contribution in [-0.4, -0.2) is 17.4 Å². The fourth-order valence-corrected chi connectivity index (χ4v) is 1.51. The molecule has 82 valence electrons. The smallest absolute Gasteiger partial charge is 0.225 e. The van der Waals surface area contributed by atoms with Crippen molar-refractivity contribution in [2.75, 3.05) is 6.54 Å². The third-order valence-electron chi connectivity index (χ3n) is 2.40. The van der Waals surface area contributed by atoms with Gasteiger partial charge in [-0.1, -0.05) is 44.2 Å². The highest BCUT2D eigenvalue weighted by atomic mass is 16.2. The monoisotopic (exact) mass is 205 g/mol. The van der Waals surface area contributed by atoms with Gasteiger partial charge in [0.1, 0.15) is 0 Å². The maximum atomic E-state index is 11.8. The van der Waals surface area contributed by atoms with E-state index in [1.54, 1.807) is 0 Å². The van der Waals surface area contributed by atoms with Crippen LogP contribution in [0.4, 0.5) is 0 Å². The Morgan fingerprint density at radius 1 is 1.27 bits per heavy atom. The molecule has 0 saturated heterocycles. The summed E-state index contributed by atoms with van der Waals surface area (Å²) in [4.78, 5) is 13.7. The molecule has 0 aliphatic rings. The van der Waals surface area contributed by atoms with Gasteiger partial charge in [0.15, 0.2) is 0 Å². The molecule has 0 unspecified atom stereocenters. The second kappa shape index (κ2) is 5.54. The molecule has 2 nitrogen and oxygen atoms in total. The maximum absolute atomic E-state index is 11.8. The van der Waals surface area contributed by atoms with Crippen LogP contribution in [0.2, 0.25) is 0 Å². The Kier molecular flexibility index (Phi) is 4.35. The van der Waals surface area contributed by atoms with E-state index in [1.807, 2.05) is 43.9 Å². The lowest BCUT2D eigenvalue weighted by atomic mass is 10.1. The standard InChI is InChI=1S/C13H19NO/c1-4-14(13(15)11(2)3)10-12-8-6-5-7-9-12/h5-9,11H,4,10H2,1-3H3. The normalized spacial score (nSPS) is 10.4. The largest absolute Gasteiger partial charge is 0.338 e. The van der Waals surface area contributed by atoms with E-state index in [2.05, 4.69) is 12.1 Å². The average Bonchev–Trinajstić information content (AvgIpc) is 2.26. The molecule has 0 aliphatic heterocycles. The van der Waals surface area contributed by atoms with E-state index >= 15 is 0 Å². The maximum Gasteiger partial charge on any atom is 0.225 e. The van der Waals surface area contributed by atoms with Crippen molar-refractivity contribution in [2.24, 2.45) is 5.92 Å². The van der Waals surface area contributed by atoms with Crippen molar-refractivity contribution in [1.29, 1.82) is 0 Å². The van der Waals surface area contributed by atoms with Crippen LogP contribution in [0, 0.1) is 5.92 Å². The first-order chi connectivity index (χ1) is 7.15. The summed E-state index contributed by atoms with van der Waals surface area (Å²) in [5, 5.41) is 0. The summed E-state index contributed by atoms with van der Waals surface area (Å²) in [6, 6.07) is 10.1. The molecule has 0 bridgehead atoms. The van der Waals surface area contributed by atoms with Gasteiger partial charge >= 0.3 is 0 Å².